The van der Waals surface area contributed by atoms with Crippen molar-refractivity contribution >= 4 is 17.7 Å². The Bertz CT molecular complexity index is 1360. The highest BCUT2D eigenvalue weighted by atomic mass is 16.6. The van der Waals surface area contributed by atoms with Gasteiger partial charge in [-0.3, -0.25) is 14.4 Å². The minimum atomic E-state index is -0.948. The lowest BCUT2D eigenvalue weighted by atomic mass is 9.33. The van der Waals surface area contributed by atoms with Crippen LogP contribution in [0.4, 0.5) is 0 Å². The molecule has 5 fully saturated rings. The minimum Gasteiger partial charge on any atom is -0.462 e. The molecular weight excluding hydrogens is 588 g/mol. The zero-order valence-electron chi connectivity index (χ0n) is 31.7. The number of epoxide rings is 1. The van der Waals surface area contributed by atoms with E-state index >= 15 is 0 Å². The maximum absolute atomic E-state index is 13.7. The Balaban J connectivity index is 1.24. The van der Waals surface area contributed by atoms with Crippen molar-refractivity contribution in [3.8, 4) is 0 Å². The SMILES string of the molecule is CC(C)C1=C2[C@H]3CC[C@@H]4[C@@]5(C)CC[C@H](OC(=O)CC(C)(C)C(=O)OC(C)(C)C)C(C)(C)[C@@H]5CC[C@@]4(C)[C@]3(C)CC[C@@]2([C@@H]2CO2)CC1=O. The highest BCUT2D eigenvalue weighted by Gasteiger charge is 2.71. The molecule has 6 rings (SSSR count). The van der Waals surface area contributed by atoms with Gasteiger partial charge >= 0.3 is 11.9 Å². The Hall–Kier alpha value is -1.69. The van der Waals surface area contributed by atoms with E-state index in [2.05, 4.69) is 48.5 Å². The number of rotatable bonds is 6. The third-order valence-electron chi connectivity index (χ3n) is 15.2. The number of hydrogen-bond acceptors (Lipinski definition) is 6. The van der Waals surface area contributed by atoms with Crippen LogP contribution in [-0.4, -0.2) is 42.1 Å². The summed E-state index contributed by atoms with van der Waals surface area (Å²) in [5.74, 6) is 1.46. The number of carbonyl (C=O) groups excluding carboxylic acids is 3. The molecule has 1 aliphatic heterocycles. The van der Waals surface area contributed by atoms with Crippen molar-refractivity contribution in [3.63, 3.8) is 0 Å². The molecule has 6 aliphatic rings. The fourth-order valence-corrected chi connectivity index (χ4v) is 12.7. The van der Waals surface area contributed by atoms with Crippen LogP contribution >= 0.6 is 0 Å². The zero-order chi connectivity index (χ0) is 34.8. The van der Waals surface area contributed by atoms with Gasteiger partial charge in [0.15, 0.2) is 5.78 Å². The summed E-state index contributed by atoms with van der Waals surface area (Å²) < 4.78 is 18.0. The van der Waals surface area contributed by atoms with Gasteiger partial charge in [-0.2, -0.15) is 0 Å². The maximum Gasteiger partial charge on any atom is 0.312 e. The van der Waals surface area contributed by atoms with Crippen LogP contribution in [0.15, 0.2) is 11.1 Å². The molecule has 0 aromatic rings. The monoisotopic (exact) mass is 652 g/mol. The minimum absolute atomic E-state index is 0.0149. The second kappa shape index (κ2) is 10.9. The third kappa shape index (κ3) is 5.22. The first kappa shape index (κ1) is 35.1. The molecule has 1 heterocycles. The van der Waals surface area contributed by atoms with E-state index in [1.165, 1.54) is 24.8 Å². The normalized spacial score (nSPS) is 42.7. The van der Waals surface area contributed by atoms with Crippen molar-refractivity contribution in [2.24, 2.45) is 56.2 Å². The molecular formula is C41H64O6. The highest BCUT2D eigenvalue weighted by molar-refractivity contribution is 6.01. The fourth-order valence-electron chi connectivity index (χ4n) is 12.7. The molecule has 0 N–H and O–H groups in total. The van der Waals surface area contributed by atoms with E-state index < -0.39 is 11.0 Å². The van der Waals surface area contributed by atoms with Crippen LogP contribution < -0.4 is 0 Å². The van der Waals surface area contributed by atoms with Gasteiger partial charge in [-0.15, -0.1) is 0 Å². The van der Waals surface area contributed by atoms with E-state index in [1.54, 1.807) is 13.8 Å². The van der Waals surface area contributed by atoms with Gasteiger partial charge in [0.05, 0.1) is 24.5 Å². The van der Waals surface area contributed by atoms with Gasteiger partial charge in [0.2, 0.25) is 0 Å². The van der Waals surface area contributed by atoms with E-state index in [-0.39, 0.29) is 63.6 Å². The van der Waals surface area contributed by atoms with Crippen LogP contribution in [0.25, 0.3) is 0 Å². The van der Waals surface area contributed by atoms with Crippen LogP contribution in [-0.2, 0) is 28.6 Å². The summed E-state index contributed by atoms with van der Waals surface area (Å²) >= 11 is 0. The molecule has 0 bridgehead atoms. The van der Waals surface area contributed by atoms with Gasteiger partial charge in [-0.05, 0) is 131 Å². The third-order valence-corrected chi connectivity index (χ3v) is 15.2. The summed E-state index contributed by atoms with van der Waals surface area (Å²) in [7, 11) is 0. The second-order valence-corrected chi connectivity index (χ2v) is 20.1. The molecule has 0 radical (unpaired) electrons. The number of ketones is 1. The van der Waals surface area contributed by atoms with Crippen LogP contribution in [0.2, 0.25) is 0 Å². The molecule has 4 saturated carbocycles. The van der Waals surface area contributed by atoms with Crippen molar-refractivity contribution in [1.29, 1.82) is 0 Å². The molecule has 0 spiro atoms. The average molecular weight is 653 g/mol. The molecule has 264 valence electrons. The first-order valence-electron chi connectivity index (χ1n) is 18.9. The van der Waals surface area contributed by atoms with Gasteiger partial charge in [-0.25, -0.2) is 0 Å². The Morgan fingerprint density at radius 3 is 2.13 bits per heavy atom. The fraction of sp³-hybridized carbons (Fsp3) is 0.878. The summed E-state index contributed by atoms with van der Waals surface area (Å²) in [4.78, 5) is 40.0. The Kier molecular flexibility index (Phi) is 8.15. The van der Waals surface area contributed by atoms with Crippen LogP contribution in [0.3, 0.4) is 0 Å². The first-order valence-corrected chi connectivity index (χ1v) is 18.9. The number of fused-ring (bicyclic) bond motifs is 7. The van der Waals surface area contributed by atoms with Gasteiger partial charge in [0.25, 0.3) is 0 Å². The van der Waals surface area contributed by atoms with Gasteiger partial charge in [0.1, 0.15) is 11.7 Å². The molecule has 5 aliphatic carbocycles. The number of hydrogen-bond donors (Lipinski definition) is 0. The van der Waals surface area contributed by atoms with E-state index in [9.17, 15) is 14.4 Å². The summed E-state index contributed by atoms with van der Waals surface area (Å²) in [5.41, 5.74) is 1.35. The molecule has 6 heteroatoms. The second-order valence-electron chi connectivity index (χ2n) is 20.1. The summed E-state index contributed by atoms with van der Waals surface area (Å²) in [6.07, 6.45) is 9.54. The Morgan fingerprint density at radius 1 is 0.872 bits per heavy atom. The zero-order valence-corrected chi connectivity index (χ0v) is 31.7. The summed E-state index contributed by atoms with van der Waals surface area (Å²) in [6.45, 7) is 26.8. The van der Waals surface area contributed by atoms with E-state index in [1.807, 2.05) is 20.8 Å². The molecule has 0 unspecified atom stereocenters. The number of ether oxygens (including phenoxy) is 3. The predicted octanol–water partition coefficient (Wildman–Crippen LogP) is 9.04. The largest absolute Gasteiger partial charge is 0.462 e. The Labute approximate surface area is 284 Å². The molecule has 0 amide bonds. The number of carbonyl (C=O) groups is 3. The number of esters is 2. The summed E-state index contributed by atoms with van der Waals surface area (Å²) in [5, 5.41) is 0. The van der Waals surface area contributed by atoms with E-state index in [0.717, 1.165) is 44.3 Å². The number of Topliss-reactive ketones (excluding diaryl/α,β-unsaturated/α-hetero) is 1. The van der Waals surface area contributed by atoms with Crippen molar-refractivity contribution in [1.82, 2.24) is 0 Å². The molecule has 0 aromatic heterocycles. The lowest BCUT2D eigenvalue weighted by Crippen LogP contribution is -2.66. The molecule has 0 aromatic carbocycles. The van der Waals surface area contributed by atoms with Crippen LogP contribution in [0.5, 0.6) is 0 Å². The quantitative estimate of drug-likeness (QED) is 0.210. The predicted molar refractivity (Wildman–Crippen MR) is 183 cm³/mol. The molecule has 47 heavy (non-hydrogen) atoms. The van der Waals surface area contributed by atoms with Crippen molar-refractivity contribution in [3.05, 3.63) is 11.1 Å². The van der Waals surface area contributed by atoms with Gasteiger partial charge in [-0.1, -0.05) is 54.0 Å². The lowest BCUT2D eigenvalue weighted by Gasteiger charge is -2.72. The van der Waals surface area contributed by atoms with Crippen LogP contribution in [0.1, 0.15) is 147 Å². The first-order chi connectivity index (χ1) is 21.5. The lowest BCUT2D eigenvalue weighted by molar-refractivity contribution is -0.234. The number of allylic oxidation sites excluding steroid dienone is 1. The van der Waals surface area contributed by atoms with Crippen molar-refractivity contribution < 1.29 is 28.6 Å². The molecule has 9 atom stereocenters. The Morgan fingerprint density at radius 2 is 1.53 bits per heavy atom. The van der Waals surface area contributed by atoms with Crippen molar-refractivity contribution in [2.45, 2.75) is 165 Å². The molecule has 1 saturated heterocycles. The standard InChI is InChI=1S/C41H64O6/c1-24(2)32-26(42)21-41(30-23-45-30)20-19-39(11)25(33(32)41)13-14-28-38(10)17-16-29(37(8,9)27(38)15-18-40(28,39)12)46-31(43)22-36(6,7)34(44)47-35(3,4)5/h24-25,27-30H,13-23H2,1-12H3/t25-,27+,28-,29+,30+,38+,39-,40-,41+/m1/s1. The maximum atomic E-state index is 13.7. The topological polar surface area (TPSA) is 82.2 Å². The van der Waals surface area contributed by atoms with E-state index in [4.69, 9.17) is 14.2 Å². The molecule has 6 nitrogen and oxygen atoms in total. The smallest absolute Gasteiger partial charge is 0.312 e. The van der Waals surface area contributed by atoms with Gasteiger partial charge < -0.3 is 14.2 Å². The van der Waals surface area contributed by atoms with Gasteiger partial charge in [0, 0.05) is 17.3 Å². The van der Waals surface area contributed by atoms with Crippen LogP contribution in [0, 0.1) is 56.2 Å². The van der Waals surface area contributed by atoms with Crippen molar-refractivity contribution in [2.75, 3.05) is 6.61 Å². The highest BCUT2D eigenvalue weighted by Crippen LogP contribution is 2.77. The van der Waals surface area contributed by atoms with E-state index in [0.29, 0.717) is 30.0 Å². The summed E-state index contributed by atoms with van der Waals surface area (Å²) in [6, 6.07) is 0. The average Bonchev–Trinajstić information content (AvgIpc) is 3.73.